The number of pyridine rings is 1. The Hall–Kier alpha value is -2.03. The van der Waals surface area contributed by atoms with Crippen LogP contribution in [0.15, 0.2) is 36.5 Å². The average molecular weight is 255 g/mol. The number of hydrogen-bond acceptors (Lipinski definition) is 3. The third-order valence-electron chi connectivity index (χ3n) is 3.20. The second-order valence-corrected chi connectivity index (χ2v) is 4.85. The molecular weight excluding hydrogens is 234 g/mol. The second-order valence-electron chi connectivity index (χ2n) is 4.85. The summed E-state index contributed by atoms with van der Waals surface area (Å²) in [6, 6.07) is 10.5. The number of aromatic nitrogens is 1. The molecule has 19 heavy (non-hydrogen) atoms. The summed E-state index contributed by atoms with van der Waals surface area (Å²) in [6.07, 6.45) is 5.31. The van der Waals surface area contributed by atoms with E-state index in [1.54, 1.807) is 6.20 Å². The molecule has 3 nitrogen and oxygen atoms in total. The van der Waals surface area contributed by atoms with Crippen molar-refractivity contribution in [1.29, 1.82) is 0 Å². The van der Waals surface area contributed by atoms with Crippen molar-refractivity contribution in [2.24, 2.45) is 0 Å². The highest BCUT2D eigenvalue weighted by Gasteiger charge is 1.99. The number of rotatable bonds is 5. The number of nitrogen functional groups attached to an aromatic ring is 1. The van der Waals surface area contributed by atoms with Gasteiger partial charge in [-0.3, -0.25) is 0 Å². The van der Waals surface area contributed by atoms with Crippen LogP contribution in [0.25, 0.3) is 0 Å². The van der Waals surface area contributed by atoms with E-state index in [0.29, 0.717) is 0 Å². The van der Waals surface area contributed by atoms with E-state index in [1.807, 2.05) is 13.0 Å². The van der Waals surface area contributed by atoms with Crippen molar-refractivity contribution >= 4 is 17.2 Å². The molecule has 1 heterocycles. The Morgan fingerprint density at radius 1 is 1.21 bits per heavy atom. The van der Waals surface area contributed by atoms with Crippen LogP contribution in [0.4, 0.5) is 17.2 Å². The first kappa shape index (κ1) is 13.4. The van der Waals surface area contributed by atoms with Gasteiger partial charge in [0.15, 0.2) is 0 Å². The number of nitrogens with two attached hydrogens (primary N) is 1. The van der Waals surface area contributed by atoms with Crippen LogP contribution >= 0.6 is 0 Å². The predicted molar refractivity (Wildman–Crippen MR) is 81.7 cm³/mol. The molecule has 0 unspecified atom stereocenters. The minimum Gasteiger partial charge on any atom is -0.397 e. The quantitative estimate of drug-likeness (QED) is 0.847. The summed E-state index contributed by atoms with van der Waals surface area (Å²) in [6.45, 7) is 4.20. The van der Waals surface area contributed by atoms with Crippen LogP contribution in [-0.2, 0) is 6.42 Å². The molecule has 0 atom stereocenters. The highest BCUT2D eigenvalue weighted by Crippen LogP contribution is 2.19. The first-order valence-corrected chi connectivity index (χ1v) is 6.77. The molecule has 2 aromatic rings. The van der Waals surface area contributed by atoms with Gasteiger partial charge in [0.2, 0.25) is 0 Å². The van der Waals surface area contributed by atoms with Crippen LogP contribution in [0.2, 0.25) is 0 Å². The Bertz CT molecular complexity index is 532. The lowest BCUT2D eigenvalue weighted by Crippen LogP contribution is -1.97. The molecule has 3 N–H and O–H groups in total. The molecule has 0 saturated carbocycles. The molecule has 0 aliphatic rings. The summed E-state index contributed by atoms with van der Waals surface area (Å²) >= 11 is 0. The van der Waals surface area contributed by atoms with Gasteiger partial charge in [0, 0.05) is 5.69 Å². The summed E-state index contributed by atoms with van der Waals surface area (Å²) in [7, 11) is 0. The third kappa shape index (κ3) is 3.71. The summed E-state index contributed by atoms with van der Waals surface area (Å²) in [5, 5.41) is 3.29. The molecule has 2 rings (SSSR count). The van der Waals surface area contributed by atoms with Gasteiger partial charge < -0.3 is 11.1 Å². The lowest BCUT2D eigenvalue weighted by molar-refractivity contribution is 0.795. The van der Waals surface area contributed by atoms with E-state index in [2.05, 4.69) is 41.5 Å². The van der Waals surface area contributed by atoms with Crippen LogP contribution < -0.4 is 11.1 Å². The normalized spacial score (nSPS) is 10.4. The van der Waals surface area contributed by atoms with E-state index in [4.69, 9.17) is 5.73 Å². The van der Waals surface area contributed by atoms with Gasteiger partial charge in [-0.2, -0.15) is 0 Å². The molecule has 0 aliphatic heterocycles. The number of unbranched alkanes of at least 4 members (excludes halogenated alkanes) is 1. The van der Waals surface area contributed by atoms with Gasteiger partial charge in [0.05, 0.1) is 11.9 Å². The first-order chi connectivity index (χ1) is 9.19. The Morgan fingerprint density at radius 3 is 2.58 bits per heavy atom. The summed E-state index contributed by atoms with van der Waals surface area (Å²) < 4.78 is 0. The molecule has 0 aliphatic carbocycles. The summed E-state index contributed by atoms with van der Waals surface area (Å²) in [5.41, 5.74) is 9.96. The number of nitrogens with zero attached hydrogens (tertiary/aromatic N) is 1. The van der Waals surface area contributed by atoms with E-state index in [-0.39, 0.29) is 0 Å². The number of hydrogen-bond donors (Lipinski definition) is 2. The fourth-order valence-electron chi connectivity index (χ4n) is 1.92. The zero-order valence-corrected chi connectivity index (χ0v) is 11.6. The van der Waals surface area contributed by atoms with Crippen molar-refractivity contribution in [1.82, 2.24) is 4.98 Å². The molecule has 100 valence electrons. The number of anilines is 3. The van der Waals surface area contributed by atoms with Crippen molar-refractivity contribution in [3.8, 4) is 0 Å². The highest BCUT2D eigenvalue weighted by molar-refractivity contribution is 5.59. The van der Waals surface area contributed by atoms with Crippen molar-refractivity contribution in [3.63, 3.8) is 0 Å². The number of aryl methyl sites for hydroxylation is 2. The molecule has 0 fully saturated rings. The third-order valence-corrected chi connectivity index (χ3v) is 3.20. The van der Waals surface area contributed by atoms with Gasteiger partial charge in [-0.25, -0.2) is 4.98 Å². The first-order valence-electron chi connectivity index (χ1n) is 6.77. The van der Waals surface area contributed by atoms with Gasteiger partial charge in [-0.15, -0.1) is 0 Å². The molecule has 1 aromatic heterocycles. The molecule has 3 heteroatoms. The molecule has 0 bridgehead atoms. The Kier molecular flexibility index (Phi) is 4.39. The minimum atomic E-state index is 0.723. The molecule has 0 spiro atoms. The van der Waals surface area contributed by atoms with Gasteiger partial charge in [-0.1, -0.05) is 25.5 Å². The van der Waals surface area contributed by atoms with Crippen molar-refractivity contribution in [3.05, 3.63) is 47.7 Å². The largest absolute Gasteiger partial charge is 0.397 e. The fourth-order valence-corrected chi connectivity index (χ4v) is 1.92. The van der Waals surface area contributed by atoms with Crippen LogP contribution in [0, 0.1) is 6.92 Å². The topological polar surface area (TPSA) is 50.9 Å². The van der Waals surface area contributed by atoms with Gasteiger partial charge in [0.25, 0.3) is 0 Å². The number of benzene rings is 1. The maximum absolute atomic E-state index is 5.76. The zero-order chi connectivity index (χ0) is 13.7. The van der Waals surface area contributed by atoms with E-state index in [0.717, 1.165) is 29.2 Å². The Morgan fingerprint density at radius 2 is 1.95 bits per heavy atom. The van der Waals surface area contributed by atoms with Crippen LogP contribution in [0.5, 0.6) is 0 Å². The molecule has 0 saturated heterocycles. The fraction of sp³-hybridized carbons (Fsp3) is 0.312. The van der Waals surface area contributed by atoms with E-state index in [1.165, 1.54) is 18.4 Å². The second kappa shape index (κ2) is 6.23. The number of nitrogens with one attached hydrogen (secondary N) is 1. The van der Waals surface area contributed by atoms with Crippen molar-refractivity contribution in [2.75, 3.05) is 11.1 Å². The standard InChI is InChI=1S/C16H21N3/c1-3-4-5-13-6-8-14(9-7-13)19-16-10-12(2)15(17)11-18-16/h6-11H,3-5,17H2,1-2H3,(H,18,19). The summed E-state index contributed by atoms with van der Waals surface area (Å²) in [4.78, 5) is 4.27. The van der Waals surface area contributed by atoms with Crippen LogP contribution in [0.1, 0.15) is 30.9 Å². The smallest absolute Gasteiger partial charge is 0.130 e. The van der Waals surface area contributed by atoms with E-state index in [9.17, 15) is 0 Å². The van der Waals surface area contributed by atoms with Crippen molar-refractivity contribution in [2.45, 2.75) is 33.1 Å². The highest BCUT2D eigenvalue weighted by atomic mass is 15.0. The maximum Gasteiger partial charge on any atom is 0.130 e. The monoisotopic (exact) mass is 255 g/mol. The lowest BCUT2D eigenvalue weighted by Gasteiger charge is -2.08. The zero-order valence-electron chi connectivity index (χ0n) is 11.6. The summed E-state index contributed by atoms with van der Waals surface area (Å²) in [5.74, 6) is 0.827. The Labute approximate surface area is 114 Å². The molecule has 1 aromatic carbocycles. The Balaban J connectivity index is 2.04. The molecular formula is C16H21N3. The van der Waals surface area contributed by atoms with Crippen LogP contribution in [-0.4, -0.2) is 4.98 Å². The van der Waals surface area contributed by atoms with Gasteiger partial charge in [-0.05, 0) is 49.1 Å². The van der Waals surface area contributed by atoms with E-state index >= 15 is 0 Å². The SMILES string of the molecule is CCCCc1ccc(Nc2cc(C)c(N)cn2)cc1. The lowest BCUT2D eigenvalue weighted by atomic mass is 10.1. The van der Waals surface area contributed by atoms with Gasteiger partial charge >= 0.3 is 0 Å². The average Bonchev–Trinajstić information content (AvgIpc) is 2.42. The van der Waals surface area contributed by atoms with E-state index < -0.39 is 0 Å². The van der Waals surface area contributed by atoms with Crippen LogP contribution in [0.3, 0.4) is 0 Å². The maximum atomic E-state index is 5.76. The molecule has 0 radical (unpaired) electrons. The van der Waals surface area contributed by atoms with Gasteiger partial charge in [0.1, 0.15) is 5.82 Å². The molecule has 0 amide bonds. The minimum absolute atomic E-state index is 0.723. The van der Waals surface area contributed by atoms with Crippen molar-refractivity contribution < 1.29 is 0 Å². The predicted octanol–water partition coefficient (Wildman–Crippen LogP) is 4.06.